The van der Waals surface area contributed by atoms with Crippen molar-refractivity contribution in [3.8, 4) is 0 Å². The first-order chi connectivity index (χ1) is 6.27. The minimum absolute atomic E-state index is 0.239. The van der Waals surface area contributed by atoms with Crippen LogP contribution in [0.4, 0.5) is 5.13 Å². The van der Waals surface area contributed by atoms with E-state index >= 15 is 0 Å². The fourth-order valence-electron chi connectivity index (χ4n) is 1.04. The van der Waals surface area contributed by atoms with E-state index in [4.69, 9.17) is 5.11 Å². The number of hydrogen-bond donors (Lipinski definition) is 1. The first-order valence-corrected chi connectivity index (χ1v) is 5.92. The van der Waals surface area contributed by atoms with Gasteiger partial charge in [0, 0.05) is 25.1 Å². The average molecular weight is 265 g/mol. The molecule has 0 aliphatic carbocycles. The van der Waals surface area contributed by atoms with E-state index in [1.807, 2.05) is 5.38 Å². The first kappa shape index (κ1) is 10.9. The van der Waals surface area contributed by atoms with Gasteiger partial charge in [-0.3, -0.25) is 0 Å². The molecule has 0 aliphatic heterocycles. The molecule has 5 heteroatoms. The van der Waals surface area contributed by atoms with Crippen molar-refractivity contribution in [2.75, 3.05) is 24.6 Å². The Labute approximate surface area is 90.5 Å². The lowest BCUT2D eigenvalue weighted by atomic mass is 10.4. The van der Waals surface area contributed by atoms with Gasteiger partial charge in [-0.05, 0) is 29.3 Å². The van der Waals surface area contributed by atoms with E-state index in [1.165, 1.54) is 0 Å². The number of thiazole rings is 1. The fourth-order valence-corrected chi connectivity index (χ4v) is 2.38. The van der Waals surface area contributed by atoms with Crippen LogP contribution in [0.2, 0.25) is 0 Å². The summed E-state index contributed by atoms with van der Waals surface area (Å²) in [6, 6.07) is 0. The van der Waals surface area contributed by atoms with Crippen LogP contribution >= 0.6 is 27.3 Å². The van der Waals surface area contributed by atoms with E-state index in [-0.39, 0.29) is 6.61 Å². The van der Waals surface area contributed by atoms with E-state index in [2.05, 4.69) is 32.7 Å². The van der Waals surface area contributed by atoms with Crippen LogP contribution in [0.3, 0.4) is 0 Å². The zero-order chi connectivity index (χ0) is 9.68. The van der Waals surface area contributed by atoms with Gasteiger partial charge in [-0.1, -0.05) is 0 Å². The highest BCUT2D eigenvalue weighted by Crippen LogP contribution is 2.23. The van der Waals surface area contributed by atoms with Crippen molar-refractivity contribution in [3.63, 3.8) is 0 Å². The maximum atomic E-state index is 8.71. The highest BCUT2D eigenvalue weighted by Gasteiger charge is 2.07. The number of nitrogens with zero attached hydrogens (tertiary/aromatic N) is 2. The zero-order valence-electron chi connectivity index (χ0n) is 7.53. The van der Waals surface area contributed by atoms with Gasteiger partial charge >= 0.3 is 0 Å². The Bertz CT molecular complexity index is 254. The van der Waals surface area contributed by atoms with Gasteiger partial charge in [0.15, 0.2) is 5.13 Å². The van der Waals surface area contributed by atoms with Crippen LogP contribution in [-0.2, 0) is 0 Å². The van der Waals surface area contributed by atoms with Crippen molar-refractivity contribution in [2.45, 2.75) is 13.3 Å². The predicted octanol–water partition coefficient (Wildman–Crippen LogP) is 2.11. The normalized spacial score (nSPS) is 10.4. The van der Waals surface area contributed by atoms with Crippen molar-refractivity contribution in [1.29, 1.82) is 0 Å². The molecular weight excluding hydrogens is 252 g/mol. The summed E-state index contributed by atoms with van der Waals surface area (Å²) in [7, 11) is 0. The van der Waals surface area contributed by atoms with Gasteiger partial charge in [-0.15, -0.1) is 11.3 Å². The highest BCUT2D eigenvalue weighted by molar-refractivity contribution is 9.10. The van der Waals surface area contributed by atoms with Crippen LogP contribution in [0, 0.1) is 0 Å². The number of rotatable bonds is 5. The number of hydrogen-bond acceptors (Lipinski definition) is 4. The number of aliphatic hydroxyl groups excluding tert-OH is 1. The summed E-state index contributed by atoms with van der Waals surface area (Å²) < 4.78 is 0.884. The van der Waals surface area contributed by atoms with Crippen LogP contribution < -0.4 is 4.90 Å². The van der Waals surface area contributed by atoms with Crippen molar-refractivity contribution in [1.82, 2.24) is 4.98 Å². The first-order valence-electron chi connectivity index (χ1n) is 4.24. The number of aliphatic hydroxyl groups is 1. The van der Waals surface area contributed by atoms with Crippen LogP contribution in [0.15, 0.2) is 9.98 Å². The molecule has 0 amide bonds. The Morgan fingerprint density at radius 2 is 2.46 bits per heavy atom. The lowest BCUT2D eigenvalue weighted by molar-refractivity contribution is 0.289. The molecule has 0 fully saturated rings. The molecule has 0 spiro atoms. The fraction of sp³-hybridized carbons (Fsp3) is 0.625. The van der Waals surface area contributed by atoms with E-state index in [1.54, 1.807) is 11.3 Å². The third-order valence-corrected chi connectivity index (χ3v) is 3.31. The molecular formula is C8H13BrN2OS. The highest BCUT2D eigenvalue weighted by atomic mass is 79.9. The second kappa shape index (κ2) is 5.57. The van der Waals surface area contributed by atoms with Gasteiger partial charge in [-0.25, -0.2) is 4.98 Å². The van der Waals surface area contributed by atoms with Crippen molar-refractivity contribution < 1.29 is 5.11 Å². The molecule has 1 aromatic rings. The summed E-state index contributed by atoms with van der Waals surface area (Å²) in [5, 5.41) is 11.7. The van der Waals surface area contributed by atoms with Gasteiger partial charge in [0.25, 0.3) is 0 Å². The zero-order valence-corrected chi connectivity index (χ0v) is 9.94. The molecule has 0 bridgehead atoms. The van der Waals surface area contributed by atoms with Crippen molar-refractivity contribution in [3.05, 3.63) is 9.98 Å². The number of halogens is 1. The lowest BCUT2D eigenvalue weighted by Gasteiger charge is -2.18. The number of aromatic nitrogens is 1. The standard InChI is InChI=1S/C8H13BrN2OS/c1-2-11(4-3-5-12)8-10-7(9)6-13-8/h6,12H,2-5H2,1H3. The van der Waals surface area contributed by atoms with E-state index < -0.39 is 0 Å². The Balaban J connectivity index is 2.56. The molecule has 1 heterocycles. The Morgan fingerprint density at radius 3 is 2.92 bits per heavy atom. The predicted molar refractivity (Wildman–Crippen MR) is 59.4 cm³/mol. The molecule has 13 heavy (non-hydrogen) atoms. The quantitative estimate of drug-likeness (QED) is 0.885. The summed E-state index contributed by atoms with van der Waals surface area (Å²) in [6.45, 7) is 4.13. The average Bonchev–Trinajstić information content (AvgIpc) is 2.54. The monoisotopic (exact) mass is 264 g/mol. The Hall–Kier alpha value is -0.130. The van der Waals surface area contributed by atoms with E-state index in [9.17, 15) is 0 Å². The number of anilines is 1. The molecule has 1 N–H and O–H groups in total. The van der Waals surface area contributed by atoms with E-state index in [0.29, 0.717) is 0 Å². The van der Waals surface area contributed by atoms with Gasteiger partial charge in [-0.2, -0.15) is 0 Å². The molecule has 0 aliphatic rings. The maximum Gasteiger partial charge on any atom is 0.186 e. The molecule has 1 rings (SSSR count). The topological polar surface area (TPSA) is 36.4 Å². The van der Waals surface area contributed by atoms with Crippen molar-refractivity contribution in [2.24, 2.45) is 0 Å². The minimum Gasteiger partial charge on any atom is -0.396 e. The Morgan fingerprint density at radius 1 is 1.69 bits per heavy atom. The largest absolute Gasteiger partial charge is 0.396 e. The second-order valence-corrected chi connectivity index (χ2v) is 4.26. The third kappa shape index (κ3) is 3.25. The van der Waals surface area contributed by atoms with Crippen LogP contribution in [-0.4, -0.2) is 29.8 Å². The summed E-state index contributed by atoms with van der Waals surface area (Å²) in [4.78, 5) is 6.47. The molecule has 3 nitrogen and oxygen atoms in total. The molecule has 0 radical (unpaired) electrons. The van der Waals surface area contributed by atoms with Gasteiger partial charge in [0.2, 0.25) is 0 Å². The minimum atomic E-state index is 0.239. The second-order valence-electron chi connectivity index (χ2n) is 2.61. The molecule has 0 saturated carbocycles. The molecule has 0 aromatic carbocycles. The maximum absolute atomic E-state index is 8.71. The Kier molecular flexibility index (Phi) is 4.69. The third-order valence-electron chi connectivity index (χ3n) is 1.70. The van der Waals surface area contributed by atoms with Crippen LogP contribution in [0.25, 0.3) is 0 Å². The molecule has 0 saturated heterocycles. The molecule has 74 valence electrons. The smallest absolute Gasteiger partial charge is 0.186 e. The molecule has 0 unspecified atom stereocenters. The summed E-state index contributed by atoms with van der Waals surface area (Å²) >= 11 is 4.94. The lowest BCUT2D eigenvalue weighted by Crippen LogP contribution is -2.24. The summed E-state index contributed by atoms with van der Waals surface area (Å²) in [6.07, 6.45) is 0.797. The van der Waals surface area contributed by atoms with Crippen LogP contribution in [0.1, 0.15) is 13.3 Å². The van der Waals surface area contributed by atoms with Gasteiger partial charge in [0.1, 0.15) is 4.60 Å². The molecule has 0 atom stereocenters. The van der Waals surface area contributed by atoms with Crippen LogP contribution in [0.5, 0.6) is 0 Å². The van der Waals surface area contributed by atoms with E-state index in [0.717, 1.165) is 29.2 Å². The molecule has 1 aromatic heterocycles. The van der Waals surface area contributed by atoms with Gasteiger partial charge < -0.3 is 10.0 Å². The summed E-state index contributed by atoms with van der Waals surface area (Å²) in [5.41, 5.74) is 0. The van der Waals surface area contributed by atoms with Crippen molar-refractivity contribution >= 4 is 32.4 Å². The summed E-state index contributed by atoms with van der Waals surface area (Å²) in [5.74, 6) is 0. The van der Waals surface area contributed by atoms with Gasteiger partial charge in [0.05, 0.1) is 0 Å². The SMILES string of the molecule is CCN(CCCO)c1nc(Br)cs1.